The van der Waals surface area contributed by atoms with E-state index < -0.39 is 0 Å². The topological polar surface area (TPSA) is 65.5 Å². The van der Waals surface area contributed by atoms with Gasteiger partial charge in [0, 0.05) is 24.5 Å². The van der Waals surface area contributed by atoms with E-state index in [1.165, 1.54) is 12.8 Å². The molecule has 2 aromatic rings. The third-order valence-electron chi connectivity index (χ3n) is 3.89. The lowest BCUT2D eigenvalue weighted by molar-refractivity contribution is 0.324. The van der Waals surface area contributed by atoms with E-state index in [2.05, 4.69) is 15.3 Å². The quantitative estimate of drug-likeness (QED) is 0.847. The first-order valence-corrected chi connectivity index (χ1v) is 7.62. The van der Waals surface area contributed by atoms with Crippen molar-refractivity contribution in [3.63, 3.8) is 0 Å². The Hall–Kier alpha value is -2.50. The Bertz CT molecular complexity index is 662. The number of aromatic nitrogens is 2. The second-order valence-corrected chi connectivity index (χ2v) is 5.49. The fourth-order valence-electron chi connectivity index (χ4n) is 2.46. The number of nitrogens with one attached hydrogen (secondary N) is 1. The number of ether oxygens (including phenoxy) is 3. The number of hydrogen-bond acceptors (Lipinski definition) is 6. The highest BCUT2D eigenvalue weighted by Gasteiger charge is 2.22. The molecule has 6 nitrogen and oxygen atoms in total. The SMILES string of the molecule is COc1cc(-c2nccnc2NCC2CC2)cc(OC)c1OC. The Balaban J connectivity index is 2.00. The number of rotatable bonds is 7. The minimum atomic E-state index is 0.565. The number of hydrogen-bond donors (Lipinski definition) is 1. The van der Waals surface area contributed by atoms with Gasteiger partial charge >= 0.3 is 0 Å². The summed E-state index contributed by atoms with van der Waals surface area (Å²) >= 11 is 0. The molecule has 23 heavy (non-hydrogen) atoms. The van der Waals surface area contributed by atoms with Gasteiger partial charge in [0.25, 0.3) is 0 Å². The molecular formula is C17H21N3O3. The Kier molecular flexibility index (Phi) is 4.50. The number of benzene rings is 1. The number of methoxy groups -OCH3 is 3. The largest absolute Gasteiger partial charge is 0.493 e. The summed E-state index contributed by atoms with van der Waals surface area (Å²) in [7, 11) is 4.79. The van der Waals surface area contributed by atoms with Gasteiger partial charge in [-0.25, -0.2) is 4.98 Å². The van der Waals surface area contributed by atoms with Gasteiger partial charge in [0.2, 0.25) is 5.75 Å². The van der Waals surface area contributed by atoms with Gasteiger partial charge in [-0.2, -0.15) is 0 Å². The fraction of sp³-hybridized carbons (Fsp3) is 0.412. The molecule has 0 atom stereocenters. The molecule has 1 heterocycles. The van der Waals surface area contributed by atoms with Gasteiger partial charge in [-0.1, -0.05) is 0 Å². The van der Waals surface area contributed by atoms with E-state index in [0.29, 0.717) is 17.2 Å². The minimum absolute atomic E-state index is 0.565. The van der Waals surface area contributed by atoms with Crippen molar-refractivity contribution < 1.29 is 14.2 Å². The van der Waals surface area contributed by atoms with Crippen LogP contribution >= 0.6 is 0 Å². The van der Waals surface area contributed by atoms with Crippen molar-refractivity contribution in [2.24, 2.45) is 5.92 Å². The molecule has 0 saturated heterocycles. The lowest BCUT2D eigenvalue weighted by Crippen LogP contribution is -2.07. The second kappa shape index (κ2) is 6.73. The molecule has 1 aliphatic rings. The van der Waals surface area contributed by atoms with Crippen molar-refractivity contribution in [3.8, 4) is 28.5 Å². The first-order valence-electron chi connectivity index (χ1n) is 7.62. The number of nitrogens with zero attached hydrogens (tertiary/aromatic N) is 2. The van der Waals surface area contributed by atoms with Crippen molar-refractivity contribution in [1.29, 1.82) is 0 Å². The van der Waals surface area contributed by atoms with Gasteiger partial charge in [0.1, 0.15) is 5.69 Å². The standard InChI is InChI=1S/C17H21N3O3/c1-21-13-8-12(9-14(22-2)16(13)23-3)15-17(19-7-6-18-15)20-10-11-4-5-11/h6-9,11H,4-5,10H2,1-3H3,(H,19,20). The van der Waals surface area contributed by atoms with Crippen LogP contribution in [0.15, 0.2) is 24.5 Å². The van der Waals surface area contributed by atoms with Crippen LogP contribution in [-0.2, 0) is 0 Å². The van der Waals surface area contributed by atoms with E-state index in [9.17, 15) is 0 Å². The van der Waals surface area contributed by atoms with Gasteiger partial charge in [0.15, 0.2) is 17.3 Å². The summed E-state index contributed by atoms with van der Waals surface area (Å²) in [6.07, 6.45) is 5.94. The Morgan fingerprint density at radius 2 is 1.65 bits per heavy atom. The van der Waals surface area contributed by atoms with E-state index in [1.54, 1.807) is 33.7 Å². The van der Waals surface area contributed by atoms with E-state index >= 15 is 0 Å². The van der Waals surface area contributed by atoms with Gasteiger partial charge < -0.3 is 19.5 Å². The Labute approximate surface area is 135 Å². The summed E-state index contributed by atoms with van der Waals surface area (Å²) in [5.41, 5.74) is 1.64. The lowest BCUT2D eigenvalue weighted by atomic mass is 10.1. The van der Waals surface area contributed by atoms with Crippen molar-refractivity contribution in [2.75, 3.05) is 33.2 Å². The predicted molar refractivity (Wildman–Crippen MR) is 88.3 cm³/mol. The Morgan fingerprint density at radius 3 is 2.22 bits per heavy atom. The van der Waals surface area contributed by atoms with Crippen LogP contribution in [0.1, 0.15) is 12.8 Å². The van der Waals surface area contributed by atoms with Crippen LogP contribution in [0.5, 0.6) is 17.2 Å². The van der Waals surface area contributed by atoms with Crippen LogP contribution in [0.25, 0.3) is 11.3 Å². The smallest absolute Gasteiger partial charge is 0.203 e. The molecule has 1 aromatic carbocycles. The summed E-state index contributed by atoms with van der Waals surface area (Å²) in [5.74, 6) is 3.29. The molecule has 1 aliphatic carbocycles. The van der Waals surface area contributed by atoms with Crippen LogP contribution in [0, 0.1) is 5.92 Å². The van der Waals surface area contributed by atoms with Gasteiger partial charge in [-0.3, -0.25) is 4.98 Å². The molecule has 0 unspecified atom stereocenters. The molecule has 1 saturated carbocycles. The molecule has 0 aliphatic heterocycles. The molecule has 3 rings (SSSR count). The van der Waals surface area contributed by atoms with Crippen molar-refractivity contribution >= 4 is 5.82 Å². The highest BCUT2D eigenvalue weighted by Crippen LogP contribution is 2.41. The summed E-state index contributed by atoms with van der Waals surface area (Å²) < 4.78 is 16.2. The maximum atomic E-state index is 5.42. The monoisotopic (exact) mass is 315 g/mol. The minimum Gasteiger partial charge on any atom is -0.493 e. The summed E-state index contributed by atoms with van der Waals surface area (Å²) in [6, 6.07) is 3.77. The summed E-state index contributed by atoms with van der Waals surface area (Å²) in [5, 5.41) is 3.39. The molecule has 1 aromatic heterocycles. The third-order valence-corrected chi connectivity index (χ3v) is 3.89. The third kappa shape index (κ3) is 3.31. The van der Waals surface area contributed by atoms with Gasteiger partial charge in [-0.15, -0.1) is 0 Å². The van der Waals surface area contributed by atoms with Crippen molar-refractivity contribution in [1.82, 2.24) is 9.97 Å². The van der Waals surface area contributed by atoms with Crippen LogP contribution in [0.3, 0.4) is 0 Å². The second-order valence-electron chi connectivity index (χ2n) is 5.49. The maximum Gasteiger partial charge on any atom is 0.203 e. The normalized spacial score (nSPS) is 13.5. The number of anilines is 1. The highest BCUT2D eigenvalue weighted by atomic mass is 16.5. The van der Waals surface area contributed by atoms with E-state index in [1.807, 2.05) is 12.1 Å². The molecule has 0 amide bonds. The molecule has 122 valence electrons. The van der Waals surface area contributed by atoms with Crippen molar-refractivity contribution in [3.05, 3.63) is 24.5 Å². The maximum absolute atomic E-state index is 5.42. The van der Waals surface area contributed by atoms with Crippen LogP contribution in [0.4, 0.5) is 5.82 Å². The molecule has 6 heteroatoms. The van der Waals surface area contributed by atoms with E-state index in [-0.39, 0.29) is 0 Å². The molecular weight excluding hydrogens is 294 g/mol. The predicted octanol–water partition coefficient (Wildman–Crippen LogP) is 2.99. The molecule has 1 N–H and O–H groups in total. The lowest BCUT2D eigenvalue weighted by Gasteiger charge is -2.15. The molecule has 0 bridgehead atoms. The zero-order valence-electron chi connectivity index (χ0n) is 13.6. The first-order chi connectivity index (χ1) is 11.3. The molecule has 0 spiro atoms. The Morgan fingerprint density at radius 1 is 1.00 bits per heavy atom. The molecule has 1 fully saturated rings. The van der Waals surface area contributed by atoms with Crippen molar-refractivity contribution in [2.45, 2.75) is 12.8 Å². The highest BCUT2D eigenvalue weighted by molar-refractivity contribution is 5.75. The zero-order chi connectivity index (χ0) is 16.2. The van der Waals surface area contributed by atoms with Crippen LogP contribution < -0.4 is 19.5 Å². The average Bonchev–Trinajstić information content (AvgIpc) is 3.43. The fourth-order valence-corrected chi connectivity index (χ4v) is 2.46. The average molecular weight is 315 g/mol. The summed E-state index contributed by atoms with van der Waals surface area (Å²) in [4.78, 5) is 8.90. The molecule has 0 radical (unpaired) electrons. The van der Waals surface area contributed by atoms with E-state index in [0.717, 1.165) is 29.5 Å². The van der Waals surface area contributed by atoms with Crippen LogP contribution in [0.2, 0.25) is 0 Å². The van der Waals surface area contributed by atoms with E-state index in [4.69, 9.17) is 14.2 Å². The van der Waals surface area contributed by atoms with Gasteiger partial charge in [-0.05, 0) is 30.9 Å². The first kappa shape index (κ1) is 15.4. The zero-order valence-corrected chi connectivity index (χ0v) is 13.6. The summed E-state index contributed by atoms with van der Waals surface area (Å²) in [6.45, 7) is 0.927. The van der Waals surface area contributed by atoms with Crippen LogP contribution in [-0.4, -0.2) is 37.8 Å². The van der Waals surface area contributed by atoms with Gasteiger partial charge in [0.05, 0.1) is 21.3 Å².